The van der Waals surface area contributed by atoms with Crippen LogP contribution in [0.4, 0.5) is 5.69 Å². The van der Waals surface area contributed by atoms with E-state index in [0.717, 1.165) is 27.1 Å². The summed E-state index contributed by atoms with van der Waals surface area (Å²) in [5.74, 6) is 0.746. The molecule has 1 aliphatic rings. The van der Waals surface area contributed by atoms with E-state index >= 15 is 0 Å². The maximum Gasteiger partial charge on any atom is 0.123 e. The predicted molar refractivity (Wildman–Crippen MR) is 100 cm³/mol. The fourth-order valence-electron chi connectivity index (χ4n) is 2.45. The largest absolute Gasteiger partial charge is 0.326 e. The number of nitrogens with zero attached hydrogens (tertiary/aromatic N) is 2. The second-order valence-electron chi connectivity index (χ2n) is 5.73. The van der Waals surface area contributed by atoms with Crippen molar-refractivity contribution in [2.45, 2.75) is 23.7 Å². The molecule has 1 aliphatic carbocycles. The molecule has 0 unspecified atom stereocenters. The minimum Gasteiger partial charge on any atom is -0.326 e. The van der Waals surface area contributed by atoms with Crippen LogP contribution in [-0.4, -0.2) is 4.98 Å². The van der Waals surface area contributed by atoms with Gasteiger partial charge in [-0.15, -0.1) is 11.3 Å². The smallest absolute Gasteiger partial charge is 0.123 e. The van der Waals surface area contributed by atoms with Crippen molar-refractivity contribution in [3.8, 4) is 16.6 Å². The molecule has 4 rings (SSSR count). The van der Waals surface area contributed by atoms with Crippen LogP contribution in [0, 0.1) is 11.3 Å². The van der Waals surface area contributed by atoms with Gasteiger partial charge >= 0.3 is 0 Å². The van der Waals surface area contributed by atoms with E-state index < -0.39 is 0 Å². The molecule has 1 N–H and O–H groups in total. The van der Waals surface area contributed by atoms with Crippen LogP contribution in [0.25, 0.3) is 10.6 Å². The zero-order valence-electron chi connectivity index (χ0n) is 12.9. The molecular weight excluding hydrogens is 334 g/mol. The van der Waals surface area contributed by atoms with E-state index in [9.17, 15) is 0 Å². The number of anilines is 1. The first kappa shape index (κ1) is 15.3. The molecule has 118 valence electrons. The van der Waals surface area contributed by atoms with Gasteiger partial charge in [-0.3, -0.25) is 0 Å². The van der Waals surface area contributed by atoms with Crippen molar-refractivity contribution in [1.29, 1.82) is 5.26 Å². The zero-order chi connectivity index (χ0) is 16.4. The molecule has 2 aromatic carbocycles. The molecule has 0 atom stereocenters. The summed E-state index contributed by atoms with van der Waals surface area (Å²) in [6.07, 6.45) is 4.63. The van der Waals surface area contributed by atoms with Crippen molar-refractivity contribution in [2.75, 3.05) is 4.72 Å². The SMILES string of the molecule is N#Cc1ccccc1SNc1cccc(-c2ncc(C3CC3)s2)c1. The first-order chi connectivity index (χ1) is 11.8. The molecule has 0 spiro atoms. The van der Waals surface area contributed by atoms with Crippen LogP contribution in [-0.2, 0) is 0 Å². The lowest BCUT2D eigenvalue weighted by atomic mass is 10.2. The Bertz CT molecular complexity index is 907. The van der Waals surface area contributed by atoms with Gasteiger partial charge in [0.15, 0.2) is 0 Å². The fraction of sp³-hybridized carbons (Fsp3) is 0.158. The zero-order valence-corrected chi connectivity index (χ0v) is 14.5. The second kappa shape index (κ2) is 6.68. The quantitative estimate of drug-likeness (QED) is 0.602. The van der Waals surface area contributed by atoms with Crippen molar-refractivity contribution in [1.82, 2.24) is 4.98 Å². The summed E-state index contributed by atoms with van der Waals surface area (Å²) in [6, 6.07) is 18.1. The molecule has 0 radical (unpaired) electrons. The van der Waals surface area contributed by atoms with Gasteiger partial charge < -0.3 is 4.72 Å². The number of nitrogens with one attached hydrogen (secondary N) is 1. The van der Waals surface area contributed by atoms with Crippen LogP contribution < -0.4 is 4.72 Å². The standard InChI is InChI=1S/C19H15N3S2/c20-11-15-4-1-2-7-17(15)24-22-16-6-3-5-14(10-16)19-21-12-18(23-19)13-8-9-13/h1-7,10,12-13,22H,8-9H2. The molecule has 1 saturated carbocycles. The van der Waals surface area contributed by atoms with Crippen molar-refractivity contribution in [2.24, 2.45) is 0 Å². The second-order valence-corrected chi connectivity index (χ2v) is 7.65. The molecular formula is C19H15N3S2. The Balaban J connectivity index is 1.51. The lowest BCUT2D eigenvalue weighted by molar-refractivity contribution is 1.16. The fourth-order valence-corrected chi connectivity index (χ4v) is 4.26. The van der Waals surface area contributed by atoms with Crippen LogP contribution in [0.15, 0.2) is 59.6 Å². The van der Waals surface area contributed by atoms with Gasteiger partial charge in [0.1, 0.15) is 11.1 Å². The Labute approximate surface area is 149 Å². The predicted octanol–water partition coefficient (Wildman–Crippen LogP) is 5.68. The van der Waals surface area contributed by atoms with Crippen molar-refractivity contribution >= 4 is 29.0 Å². The number of hydrogen-bond acceptors (Lipinski definition) is 5. The van der Waals surface area contributed by atoms with E-state index in [1.807, 2.05) is 42.6 Å². The van der Waals surface area contributed by atoms with E-state index in [0.29, 0.717) is 5.56 Å². The van der Waals surface area contributed by atoms with Gasteiger partial charge in [0.25, 0.3) is 0 Å². The summed E-state index contributed by atoms with van der Waals surface area (Å²) in [5, 5.41) is 10.2. The Kier molecular flexibility index (Phi) is 4.24. The van der Waals surface area contributed by atoms with Gasteiger partial charge in [-0.2, -0.15) is 5.26 Å². The summed E-state index contributed by atoms with van der Waals surface area (Å²) >= 11 is 3.26. The number of benzene rings is 2. The Hall–Kier alpha value is -2.29. The number of rotatable bonds is 5. The van der Waals surface area contributed by atoms with E-state index in [1.54, 1.807) is 11.3 Å². The third-order valence-corrected chi connectivity index (χ3v) is 6.02. The number of nitriles is 1. The molecule has 5 heteroatoms. The monoisotopic (exact) mass is 349 g/mol. The molecule has 1 fully saturated rings. The summed E-state index contributed by atoms with van der Waals surface area (Å²) < 4.78 is 3.33. The average Bonchev–Trinajstić information content (AvgIpc) is 3.37. The Morgan fingerprint density at radius 3 is 2.88 bits per heavy atom. The summed E-state index contributed by atoms with van der Waals surface area (Å²) in [5.41, 5.74) is 2.82. The van der Waals surface area contributed by atoms with Crippen molar-refractivity contribution < 1.29 is 0 Å². The molecule has 0 bridgehead atoms. The van der Waals surface area contributed by atoms with E-state index in [-0.39, 0.29) is 0 Å². The van der Waals surface area contributed by atoms with Crippen LogP contribution in [0.3, 0.4) is 0 Å². The van der Waals surface area contributed by atoms with Crippen molar-refractivity contribution in [3.05, 3.63) is 65.2 Å². The topological polar surface area (TPSA) is 48.7 Å². The van der Waals surface area contributed by atoms with E-state index in [2.05, 4.69) is 27.9 Å². The molecule has 24 heavy (non-hydrogen) atoms. The van der Waals surface area contributed by atoms with Crippen LogP contribution in [0.1, 0.15) is 29.2 Å². The van der Waals surface area contributed by atoms with Crippen LogP contribution in [0.2, 0.25) is 0 Å². The van der Waals surface area contributed by atoms with Gasteiger partial charge in [-0.25, -0.2) is 4.98 Å². The molecule has 1 aromatic heterocycles. The van der Waals surface area contributed by atoms with Gasteiger partial charge in [0.05, 0.1) is 5.56 Å². The Morgan fingerprint density at radius 2 is 2.04 bits per heavy atom. The molecule has 3 aromatic rings. The number of thiazole rings is 1. The number of aromatic nitrogens is 1. The lowest BCUT2D eigenvalue weighted by Gasteiger charge is -2.07. The van der Waals surface area contributed by atoms with Gasteiger partial charge in [0.2, 0.25) is 0 Å². The first-order valence-electron chi connectivity index (χ1n) is 7.81. The van der Waals surface area contributed by atoms with Gasteiger partial charge in [-0.1, -0.05) is 24.3 Å². The third-order valence-electron chi connectivity index (χ3n) is 3.90. The van der Waals surface area contributed by atoms with Gasteiger partial charge in [0, 0.05) is 27.2 Å². The lowest BCUT2D eigenvalue weighted by Crippen LogP contribution is -1.89. The van der Waals surface area contributed by atoms with Gasteiger partial charge in [-0.05, 0) is 55.0 Å². The molecule has 1 heterocycles. The highest BCUT2D eigenvalue weighted by Gasteiger charge is 2.25. The molecule has 3 nitrogen and oxygen atoms in total. The maximum atomic E-state index is 9.16. The van der Waals surface area contributed by atoms with E-state index in [1.165, 1.54) is 29.7 Å². The highest BCUT2D eigenvalue weighted by Crippen LogP contribution is 2.44. The Morgan fingerprint density at radius 1 is 1.17 bits per heavy atom. The number of hydrogen-bond donors (Lipinski definition) is 1. The minimum absolute atomic E-state index is 0.681. The average molecular weight is 349 g/mol. The maximum absolute atomic E-state index is 9.16. The minimum atomic E-state index is 0.681. The van der Waals surface area contributed by atoms with Crippen LogP contribution in [0.5, 0.6) is 0 Å². The highest BCUT2D eigenvalue weighted by atomic mass is 32.2. The molecule has 0 aliphatic heterocycles. The molecule has 0 saturated heterocycles. The molecule has 0 amide bonds. The summed E-state index contributed by atoms with van der Waals surface area (Å²) in [7, 11) is 0. The highest BCUT2D eigenvalue weighted by molar-refractivity contribution is 8.00. The van der Waals surface area contributed by atoms with E-state index in [4.69, 9.17) is 5.26 Å². The third kappa shape index (κ3) is 3.30. The first-order valence-corrected chi connectivity index (χ1v) is 9.45. The summed E-state index contributed by atoms with van der Waals surface area (Å²) in [4.78, 5) is 6.91. The summed E-state index contributed by atoms with van der Waals surface area (Å²) in [6.45, 7) is 0. The van der Waals surface area contributed by atoms with Crippen LogP contribution >= 0.6 is 23.3 Å². The normalized spacial score (nSPS) is 13.5. The van der Waals surface area contributed by atoms with Crippen molar-refractivity contribution in [3.63, 3.8) is 0 Å².